The van der Waals surface area contributed by atoms with E-state index in [1.165, 1.54) is 0 Å². The van der Waals surface area contributed by atoms with Crippen molar-refractivity contribution in [2.45, 2.75) is 20.8 Å². The smallest absolute Gasteiger partial charge is 0.165 e. The van der Waals surface area contributed by atoms with Gasteiger partial charge in [0, 0.05) is 24.5 Å². The number of hydrogen-bond acceptors (Lipinski definition) is 4. The summed E-state index contributed by atoms with van der Waals surface area (Å²) in [6.07, 6.45) is 0. The molecule has 84 valence electrons. The van der Waals surface area contributed by atoms with Crippen molar-refractivity contribution in [3.63, 3.8) is 0 Å². The molecule has 2 N–H and O–H groups in total. The maximum absolute atomic E-state index is 5.73. The molecule has 2 heterocycles. The maximum atomic E-state index is 5.73. The third-order valence-corrected chi connectivity index (χ3v) is 2.61. The molecule has 5 nitrogen and oxygen atoms in total. The minimum Gasteiger partial charge on any atom is -0.384 e. The summed E-state index contributed by atoms with van der Waals surface area (Å²) in [5.74, 6) is 1.14. The quantitative estimate of drug-likeness (QED) is 0.783. The second-order valence-electron chi connectivity index (χ2n) is 3.93. The predicted molar refractivity (Wildman–Crippen MR) is 62.9 cm³/mol. The zero-order valence-corrected chi connectivity index (χ0v) is 9.94. The minimum absolute atomic E-state index is 0.491. The van der Waals surface area contributed by atoms with Crippen molar-refractivity contribution in [3.05, 3.63) is 23.1 Å². The van der Waals surface area contributed by atoms with Crippen molar-refractivity contribution in [1.29, 1.82) is 0 Å². The van der Waals surface area contributed by atoms with Gasteiger partial charge in [-0.25, -0.2) is 9.97 Å². The van der Waals surface area contributed by atoms with E-state index in [0.29, 0.717) is 11.6 Å². The molecule has 0 atom stereocenters. The van der Waals surface area contributed by atoms with Crippen LogP contribution >= 0.6 is 0 Å². The molecule has 0 saturated heterocycles. The Morgan fingerprint density at radius 2 is 1.88 bits per heavy atom. The number of nitrogen functional groups attached to an aromatic ring is 1. The van der Waals surface area contributed by atoms with E-state index < -0.39 is 0 Å². The van der Waals surface area contributed by atoms with Crippen LogP contribution in [0, 0.1) is 20.8 Å². The van der Waals surface area contributed by atoms with Crippen LogP contribution in [0.5, 0.6) is 0 Å². The van der Waals surface area contributed by atoms with E-state index in [0.717, 1.165) is 22.6 Å². The SMILES string of the molecule is Cc1cc(N)nc(-c2c(C)nn(C)c2C)n1. The highest BCUT2D eigenvalue weighted by Gasteiger charge is 2.14. The number of rotatable bonds is 1. The number of aromatic nitrogens is 4. The lowest BCUT2D eigenvalue weighted by Crippen LogP contribution is -1.99. The summed E-state index contributed by atoms with van der Waals surface area (Å²) in [6.45, 7) is 5.85. The molecule has 2 aromatic rings. The van der Waals surface area contributed by atoms with Gasteiger partial charge in [-0.05, 0) is 20.8 Å². The Hall–Kier alpha value is -1.91. The molecule has 5 heteroatoms. The molecular formula is C11H15N5. The Balaban J connectivity index is 2.67. The first-order valence-corrected chi connectivity index (χ1v) is 5.10. The van der Waals surface area contributed by atoms with Crippen molar-refractivity contribution in [1.82, 2.24) is 19.7 Å². The van der Waals surface area contributed by atoms with Crippen LogP contribution in [0.2, 0.25) is 0 Å². The average Bonchev–Trinajstić information content (AvgIpc) is 2.39. The number of nitrogens with two attached hydrogens (primary N) is 1. The van der Waals surface area contributed by atoms with E-state index in [2.05, 4.69) is 15.1 Å². The van der Waals surface area contributed by atoms with Gasteiger partial charge in [0.15, 0.2) is 5.82 Å². The maximum Gasteiger partial charge on any atom is 0.165 e. The lowest BCUT2D eigenvalue weighted by atomic mass is 10.2. The van der Waals surface area contributed by atoms with Crippen molar-refractivity contribution >= 4 is 5.82 Å². The van der Waals surface area contributed by atoms with Crippen LogP contribution in [0.1, 0.15) is 17.1 Å². The normalized spacial score (nSPS) is 10.8. The first kappa shape index (κ1) is 10.6. The van der Waals surface area contributed by atoms with Crippen LogP contribution in [-0.4, -0.2) is 19.7 Å². The number of anilines is 1. The standard InChI is InChI=1S/C11H15N5/c1-6-5-9(12)14-11(13-6)10-7(2)15-16(4)8(10)3/h5H,1-4H3,(H2,12,13,14). The molecule has 0 aliphatic heterocycles. The largest absolute Gasteiger partial charge is 0.384 e. The summed E-state index contributed by atoms with van der Waals surface area (Å²) < 4.78 is 1.83. The number of nitrogens with zero attached hydrogens (tertiary/aromatic N) is 4. The van der Waals surface area contributed by atoms with Crippen LogP contribution in [-0.2, 0) is 7.05 Å². The van der Waals surface area contributed by atoms with Crippen LogP contribution in [0.4, 0.5) is 5.82 Å². The first-order chi connectivity index (χ1) is 7.49. The Morgan fingerprint density at radius 3 is 2.38 bits per heavy atom. The molecule has 0 fully saturated rings. The fourth-order valence-electron chi connectivity index (χ4n) is 1.80. The molecule has 0 bridgehead atoms. The Bertz CT molecular complexity index is 521. The van der Waals surface area contributed by atoms with Crippen molar-refractivity contribution in [3.8, 4) is 11.4 Å². The van der Waals surface area contributed by atoms with Crippen molar-refractivity contribution in [2.75, 3.05) is 5.73 Å². The highest BCUT2D eigenvalue weighted by Crippen LogP contribution is 2.23. The van der Waals surface area contributed by atoms with Crippen LogP contribution < -0.4 is 5.73 Å². The fraction of sp³-hybridized carbons (Fsp3) is 0.364. The van der Waals surface area contributed by atoms with E-state index in [4.69, 9.17) is 5.73 Å². The summed E-state index contributed by atoms with van der Waals surface area (Å²) in [6, 6.07) is 1.75. The summed E-state index contributed by atoms with van der Waals surface area (Å²) in [7, 11) is 1.91. The van der Waals surface area contributed by atoms with Crippen LogP contribution in [0.3, 0.4) is 0 Å². The van der Waals surface area contributed by atoms with Gasteiger partial charge < -0.3 is 5.73 Å². The molecule has 0 aromatic carbocycles. The van der Waals surface area contributed by atoms with E-state index in [9.17, 15) is 0 Å². The van der Waals surface area contributed by atoms with Crippen LogP contribution in [0.25, 0.3) is 11.4 Å². The second-order valence-corrected chi connectivity index (χ2v) is 3.93. The summed E-state index contributed by atoms with van der Waals surface area (Å²) >= 11 is 0. The molecule has 0 aliphatic carbocycles. The van der Waals surface area contributed by atoms with Gasteiger partial charge in [-0.1, -0.05) is 0 Å². The third-order valence-electron chi connectivity index (χ3n) is 2.61. The van der Waals surface area contributed by atoms with Gasteiger partial charge in [0.1, 0.15) is 5.82 Å². The molecular weight excluding hydrogens is 202 g/mol. The van der Waals surface area contributed by atoms with Crippen molar-refractivity contribution in [2.24, 2.45) is 7.05 Å². The second kappa shape index (κ2) is 3.59. The number of hydrogen-bond donors (Lipinski definition) is 1. The highest BCUT2D eigenvalue weighted by molar-refractivity contribution is 5.62. The summed E-state index contributed by atoms with van der Waals surface area (Å²) in [5, 5.41) is 4.34. The van der Waals surface area contributed by atoms with Gasteiger partial charge in [-0.15, -0.1) is 0 Å². The summed E-state index contributed by atoms with van der Waals surface area (Å²) in [5.41, 5.74) is 9.53. The monoisotopic (exact) mass is 217 g/mol. The first-order valence-electron chi connectivity index (χ1n) is 5.10. The molecule has 0 radical (unpaired) electrons. The Kier molecular flexibility index (Phi) is 2.38. The zero-order valence-electron chi connectivity index (χ0n) is 9.94. The van der Waals surface area contributed by atoms with Gasteiger partial charge in [0.2, 0.25) is 0 Å². The van der Waals surface area contributed by atoms with Crippen molar-refractivity contribution < 1.29 is 0 Å². The van der Waals surface area contributed by atoms with Crippen LogP contribution in [0.15, 0.2) is 6.07 Å². The summed E-state index contributed by atoms with van der Waals surface area (Å²) in [4.78, 5) is 8.65. The van der Waals surface area contributed by atoms with E-state index in [1.54, 1.807) is 6.07 Å². The molecule has 0 amide bonds. The lowest BCUT2D eigenvalue weighted by Gasteiger charge is -2.03. The Morgan fingerprint density at radius 1 is 1.19 bits per heavy atom. The van der Waals surface area contributed by atoms with E-state index >= 15 is 0 Å². The molecule has 2 aromatic heterocycles. The van der Waals surface area contributed by atoms with Gasteiger partial charge in [-0.2, -0.15) is 5.10 Å². The molecule has 16 heavy (non-hydrogen) atoms. The molecule has 0 saturated carbocycles. The molecule has 0 spiro atoms. The van der Waals surface area contributed by atoms with Gasteiger partial charge in [-0.3, -0.25) is 4.68 Å². The van der Waals surface area contributed by atoms with Gasteiger partial charge >= 0.3 is 0 Å². The molecule has 0 unspecified atom stereocenters. The highest BCUT2D eigenvalue weighted by atomic mass is 15.3. The lowest BCUT2D eigenvalue weighted by molar-refractivity contribution is 0.731. The van der Waals surface area contributed by atoms with Gasteiger partial charge in [0.25, 0.3) is 0 Å². The fourth-order valence-corrected chi connectivity index (χ4v) is 1.80. The number of aryl methyl sites for hydroxylation is 3. The average molecular weight is 217 g/mol. The van der Waals surface area contributed by atoms with Gasteiger partial charge in [0.05, 0.1) is 11.3 Å². The topological polar surface area (TPSA) is 69.6 Å². The molecule has 0 aliphatic rings. The predicted octanol–water partition coefficient (Wildman–Crippen LogP) is 1.38. The third kappa shape index (κ3) is 1.64. The zero-order chi connectivity index (χ0) is 11.9. The van der Waals surface area contributed by atoms with E-state index in [1.807, 2.05) is 32.5 Å². The molecule has 2 rings (SSSR count). The Labute approximate surface area is 94.3 Å². The minimum atomic E-state index is 0.491. The van der Waals surface area contributed by atoms with E-state index in [-0.39, 0.29) is 0 Å².